The second-order valence-corrected chi connectivity index (χ2v) is 8.17. The van der Waals surface area contributed by atoms with Gasteiger partial charge >= 0.3 is 0 Å². The highest BCUT2D eigenvalue weighted by Gasteiger charge is 2.41. The average molecular weight is 325 g/mol. The van der Waals surface area contributed by atoms with Crippen molar-refractivity contribution in [1.29, 1.82) is 0 Å². The Kier molecular flexibility index (Phi) is 6.00. The minimum absolute atomic E-state index is 0.264. The van der Waals surface area contributed by atoms with Crippen LogP contribution < -0.4 is 0 Å². The zero-order chi connectivity index (χ0) is 16.3. The molecule has 0 aromatic carbocycles. The summed E-state index contributed by atoms with van der Waals surface area (Å²) >= 11 is 0. The summed E-state index contributed by atoms with van der Waals surface area (Å²) in [6.45, 7) is 10.1. The van der Waals surface area contributed by atoms with E-state index in [9.17, 15) is 0 Å². The van der Waals surface area contributed by atoms with Crippen molar-refractivity contribution in [3.63, 3.8) is 0 Å². The molecule has 0 N–H and O–H groups in total. The minimum atomic E-state index is 0.264. The molecule has 3 aliphatic rings. The van der Waals surface area contributed by atoms with Gasteiger partial charge in [-0.3, -0.25) is 9.80 Å². The Morgan fingerprint density at radius 2 is 1.74 bits per heavy atom. The third-order valence-corrected chi connectivity index (χ3v) is 6.30. The van der Waals surface area contributed by atoms with Gasteiger partial charge in [-0.2, -0.15) is 0 Å². The Balaban J connectivity index is 1.48. The number of hydrogen-bond acceptors (Lipinski definition) is 4. The van der Waals surface area contributed by atoms with E-state index in [4.69, 9.17) is 9.47 Å². The van der Waals surface area contributed by atoms with E-state index in [1.165, 1.54) is 58.0 Å². The highest BCUT2D eigenvalue weighted by Crippen LogP contribution is 2.42. The third-order valence-electron chi connectivity index (χ3n) is 6.30. The summed E-state index contributed by atoms with van der Waals surface area (Å²) in [6.07, 6.45) is 9.82. The molecule has 0 bridgehead atoms. The van der Waals surface area contributed by atoms with Gasteiger partial charge in [-0.15, -0.1) is 0 Å². The van der Waals surface area contributed by atoms with E-state index in [-0.39, 0.29) is 5.60 Å². The Bertz CT molecular complexity index is 358. The van der Waals surface area contributed by atoms with Crippen LogP contribution >= 0.6 is 0 Å². The van der Waals surface area contributed by atoms with E-state index < -0.39 is 0 Å². The van der Waals surface area contributed by atoms with Gasteiger partial charge in [0, 0.05) is 45.4 Å². The van der Waals surface area contributed by atoms with Crippen LogP contribution in [0.25, 0.3) is 0 Å². The first kappa shape index (κ1) is 17.7. The molecule has 0 amide bonds. The van der Waals surface area contributed by atoms with Crippen molar-refractivity contribution in [2.45, 2.75) is 82.6 Å². The van der Waals surface area contributed by atoms with Gasteiger partial charge in [0.05, 0.1) is 18.3 Å². The molecule has 2 heterocycles. The molecule has 1 spiro atoms. The quantitative estimate of drug-likeness (QED) is 0.776. The van der Waals surface area contributed by atoms with Crippen LogP contribution in [0.4, 0.5) is 0 Å². The summed E-state index contributed by atoms with van der Waals surface area (Å²) in [7, 11) is 1.80. The van der Waals surface area contributed by atoms with E-state index in [2.05, 4.69) is 23.6 Å². The second kappa shape index (κ2) is 7.81. The first-order valence-corrected chi connectivity index (χ1v) is 9.77. The van der Waals surface area contributed by atoms with Gasteiger partial charge in [0.25, 0.3) is 0 Å². The summed E-state index contributed by atoms with van der Waals surface area (Å²) in [4.78, 5) is 5.24. The molecule has 2 saturated heterocycles. The summed E-state index contributed by atoms with van der Waals surface area (Å²) in [6, 6.07) is 1.22. The summed E-state index contributed by atoms with van der Waals surface area (Å²) < 4.78 is 11.8. The predicted octanol–water partition coefficient (Wildman–Crippen LogP) is 2.91. The zero-order valence-electron chi connectivity index (χ0n) is 15.4. The summed E-state index contributed by atoms with van der Waals surface area (Å²) in [5.74, 6) is 0. The van der Waals surface area contributed by atoms with E-state index in [1.54, 1.807) is 7.11 Å². The van der Waals surface area contributed by atoms with Crippen LogP contribution in [-0.2, 0) is 9.47 Å². The fourth-order valence-corrected chi connectivity index (χ4v) is 5.13. The monoisotopic (exact) mass is 324 g/mol. The lowest BCUT2D eigenvalue weighted by molar-refractivity contribution is -0.0797. The van der Waals surface area contributed by atoms with E-state index in [0.29, 0.717) is 18.2 Å². The number of hydrogen-bond donors (Lipinski definition) is 0. The molecule has 1 aliphatic carbocycles. The van der Waals surface area contributed by atoms with Crippen LogP contribution in [-0.4, -0.2) is 73.5 Å². The Morgan fingerprint density at radius 1 is 1.04 bits per heavy atom. The molecular weight excluding hydrogens is 288 g/mol. The number of ether oxygens (including phenoxy) is 2. The molecule has 134 valence electrons. The van der Waals surface area contributed by atoms with Crippen molar-refractivity contribution >= 4 is 0 Å². The number of methoxy groups -OCH3 is 1. The molecule has 0 aromatic heterocycles. The SMILES string of the molecule is COCCN1[C@H](C)CN(C[C@@H]2CCC3(CCCCC3)O2)C[C@H]1C. The lowest BCUT2D eigenvalue weighted by atomic mass is 9.83. The van der Waals surface area contributed by atoms with Crippen LogP contribution in [0.3, 0.4) is 0 Å². The fraction of sp³-hybridized carbons (Fsp3) is 1.00. The average Bonchev–Trinajstić information content (AvgIpc) is 2.89. The molecule has 3 rings (SSSR count). The van der Waals surface area contributed by atoms with Gasteiger partial charge in [0.2, 0.25) is 0 Å². The summed E-state index contributed by atoms with van der Waals surface area (Å²) in [5, 5.41) is 0. The lowest BCUT2D eigenvalue weighted by Gasteiger charge is -2.45. The van der Waals surface area contributed by atoms with E-state index >= 15 is 0 Å². The van der Waals surface area contributed by atoms with Crippen molar-refractivity contribution in [2.24, 2.45) is 0 Å². The maximum Gasteiger partial charge on any atom is 0.0710 e. The van der Waals surface area contributed by atoms with Crippen molar-refractivity contribution in [2.75, 3.05) is 39.9 Å². The summed E-state index contributed by atoms with van der Waals surface area (Å²) in [5.41, 5.74) is 0.264. The normalized spacial score (nSPS) is 35.9. The molecule has 0 radical (unpaired) electrons. The third kappa shape index (κ3) is 4.28. The Labute approximate surface area is 142 Å². The highest BCUT2D eigenvalue weighted by molar-refractivity contribution is 4.93. The molecular formula is C19H36N2O2. The van der Waals surface area contributed by atoms with Crippen molar-refractivity contribution in [3.8, 4) is 0 Å². The Hall–Kier alpha value is -0.160. The van der Waals surface area contributed by atoms with Crippen LogP contribution in [0.1, 0.15) is 58.8 Å². The number of rotatable bonds is 5. The molecule has 0 unspecified atom stereocenters. The first-order valence-electron chi connectivity index (χ1n) is 9.77. The minimum Gasteiger partial charge on any atom is -0.383 e. The molecule has 23 heavy (non-hydrogen) atoms. The first-order chi connectivity index (χ1) is 11.1. The molecule has 4 nitrogen and oxygen atoms in total. The van der Waals surface area contributed by atoms with Crippen molar-refractivity contribution in [1.82, 2.24) is 9.80 Å². The van der Waals surface area contributed by atoms with Crippen LogP contribution in [0.2, 0.25) is 0 Å². The molecule has 2 aliphatic heterocycles. The predicted molar refractivity (Wildman–Crippen MR) is 93.9 cm³/mol. The Morgan fingerprint density at radius 3 is 2.39 bits per heavy atom. The van der Waals surface area contributed by atoms with Crippen molar-refractivity contribution in [3.05, 3.63) is 0 Å². The second-order valence-electron chi connectivity index (χ2n) is 8.17. The van der Waals surface area contributed by atoms with E-state index in [0.717, 1.165) is 19.7 Å². The van der Waals surface area contributed by atoms with E-state index in [1.807, 2.05) is 0 Å². The van der Waals surface area contributed by atoms with Crippen LogP contribution in [0.15, 0.2) is 0 Å². The van der Waals surface area contributed by atoms with Gasteiger partial charge in [0.1, 0.15) is 0 Å². The lowest BCUT2D eigenvalue weighted by Crippen LogP contribution is -2.58. The maximum atomic E-state index is 6.58. The van der Waals surface area contributed by atoms with Gasteiger partial charge in [0.15, 0.2) is 0 Å². The molecule has 3 atom stereocenters. The molecule has 0 aromatic rings. The van der Waals surface area contributed by atoms with Gasteiger partial charge in [-0.05, 0) is 39.5 Å². The van der Waals surface area contributed by atoms with Gasteiger partial charge in [-0.25, -0.2) is 0 Å². The molecule has 1 saturated carbocycles. The zero-order valence-corrected chi connectivity index (χ0v) is 15.4. The van der Waals surface area contributed by atoms with Gasteiger partial charge < -0.3 is 9.47 Å². The fourth-order valence-electron chi connectivity index (χ4n) is 5.13. The smallest absolute Gasteiger partial charge is 0.0710 e. The number of piperazine rings is 1. The highest BCUT2D eigenvalue weighted by atomic mass is 16.5. The molecule has 3 fully saturated rings. The van der Waals surface area contributed by atoms with Crippen molar-refractivity contribution < 1.29 is 9.47 Å². The topological polar surface area (TPSA) is 24.9 Å². The number of nitrogens with zero attached hydrogens (tertiary/aromatic N) is 2. The standard InChI is InChI=1S/C19H36N2O2/c1-16-13-20(14-17(2)21(16)11-12-22-3)15-18-7-10-19(23-18)8-5-4-6-9-19/h16-18H,4-15H2,1-3H3/t16-,17-,18+/m1/s1. The molecule has 4 heteroatoms. The van der Waals surface area contributed by atoms with Crippen LogP contribution in [0, 0.1) is 0 Å². The van der Waals surface area contributed by atoms with Gasteiger partial charge in [-0.1, -0.05) is 19.3 Å². The largest absolute Gasteiger partial charge is 0.383 e. The maximum absolute atomic E-state index is 6.58. The van der Waals surface area contributed by atoms with Crippen LogP contribution in [0.5, 0.6) is 0 Å².